The number of rotatable bonds is 3. The number of carbonyl (C=O) groups excluding carboxylic acids is 2. The van der Waals surface area contributed by atoms with E-state index in [4.69, 9.17) is 28.9 Å². The van der Waals surface area contributed by atoms with Crippen LogP contribution in [0, 0.1) is 0 Å². The Hall–Kier alpha value is -3.03. The average Bonchev–Trinajstić information content (AvgIpc) is 3.02. The average molecular weight is 416 g/mol. The van der Waals surface area contributed by atoms with Gasteiger partial charge in [-0.05, 0) is 12.1 Å². The monoisotopic (exact) mass is 415 g/mol. The maximum absolute atomic E-state index is 13.1. The van der Waals surface area contributed by atoms with Crippen molar-refractivity contribution in [2.75, 3.05) is 16.5 Å². The van der Waals surface area contributed by atoms with Crippen LogP contribution in [-0.2, 0) is 9.59 Å². The summed E-state index contributed by atoms with van der Waals surface area (Å²) in [6.07, 6.45) is -0.0466. The van der Waals surface area contributed by atoms with Gasteiger partial charge in [-0.15, -0.1) is 0 Å². The van der Waals surface area contributed by atoms with Gasteiger partial charge in [0.05, 0.1) is 33.0 Å². The molecule has 0 radical (unpaired) electrons. The molecule has 0 bridgehead atoms. The highest BCUT2D eigenvalue weighted by atomic mass is 35.5. The van der Waals surface area contributed by atoms with Crippen molar-refractivity contribution in [3.05, 3.63) is 64.3 Å². The quantitative estimate of drug-likeness (QED) is 0.607. The fourth-order valence-electron chi connectivity index (χ4n) is 3.19. The summed E-state index contributed by atoms with van der Waals surface area (Å²) in [4.78, 5) is 29.6. The molecule has 1 aliphatic rings. The first-order valence-corrected chi connectivity index (χ1v) is 9.19. The van der Waals surface area contributed by atoms with Gasteiger partial charge in [-0.1, -0.05) is 59.6 Å². The Morgan fingerprint density at radius 3 is 2.68 bits per heavy atom. The van der Waals surface area contributed by atoms with Gasteiger partial charge in [0.1, 0.15) is 0 Å². The normalized spacial score (nSPS) is 15.6. The minimum Gasteiger partial charge on any atom is -0.368 e. The number of nitrogens with two attached hydrogens (primary N) is 1. The number of benzene rings is 2. The summed E-state index contributed by atoms with van der Waals surface area (Å²) in [5.74, 6) is -1.45. The highest BCUT2D eigenvalue weighted by molar-refractivity contribution is 6.44. The molecular weight excluding hydrogens is 401 g/mol. The molecule has 1 unspecified atom stereocenters. The van der Waals surface area contributed by atoms with Gasteiger partial charge in [0, 0.05) is 12.0 Å². The molecule has 0 aliphatic carbocycles. The van der Waals surface area contributed by atoms with Crippen LogP contribution in [0.1, 0.15) is 18.0 Å². The molecule has 0 saturated heterocycles. The molecule has 4 rings (SSSR count). The van der Waals surface area contributed by atoms with Gasteiger partial charge in [-0.2, -0.15) is 0 Å². The number of halogens is 2. The number of aromatic nitrogens is 2. The minimum absolute atomic E-state index is 0.0466. The van der Waals surface area contributed by atoms with E-state index in [0.717, 1.165) is 5.56 Å². The third-order valence-corrected chi connectivity index (χ3v) is 5.29. The number of nitrogens with zero attached hydrogens (tertiary/aromatic N) is 2. The molecule has 0 spiro atoms. The number of hydrogen-bond donors (Lipinski definition) is 3. The van der Waals surface area contributed by atoms with Crippen LogP contribution in [0.5, 0.6) is 0 Å². The number of nitrogens with one attached hydrogen (secondary N) is 2. The zero-order valence-corrected chi connectivity index (χ0v) is 16.0. The number of carbonyl (C=O) groups is 2. The van der Waals surface area contributed by atoms with Crippen molar-refractivity contribution in [3.63, 3.8) is 0 Å². The summed E-state index contributed by atoms with van der Waals surface area (Å²) in [6, 6.07) is 14.3. The standard InChI is InChI=1S/C19H15Cl2N5O2/c20-12-7-4-8-13(15(12)21)23-18(28)11-9-14(27)25-26-17(11)16(24-19(26)22)10-5-2-1-3-6-10/h1-8,11H,9H2,(H2,22,24)(H,23,28)(H,25,27). The van der Waals surface area contributed by atoms with E-state index in [9.17, 15) is 9.59 Å². The van der Waals surface area contributed by atoms with Gasteiger partial charge >= 0.3 is 0 Å². The zero-order chi connectivity index (χ0) is 19.8. The van der Waals surface area contributed by atoms with Crippen LogP contribution in [0.25, 0.3) is 11.3 Å². The fourth-order valence-corrected chi connectivity index (χ4v) is 3.54. The molecule has 1 aliphatic heterocycles. The van der Waals surface area contributed by atoms with E-state index in [1.165, 1.54) is 4.68 Å². The van der Waals surface area contributed by atoms with E-state index in [0.29, 0.717) is 22.1 Å². The molecule has 3 aromatic rings. The predicted octanol–water partition coefficient (Wildman–Crippen LogP) is 3.64. The van der Waals surface area contributed by atoms with E-state index in [-0.39, 0.29) is 23.3 Å². The van der Waals surface area contributed by atoms with Crippen molar-refractivity contribution in [2.45, 2.75) is 12.3 Å². The maximum atomic E-state index is 13.1. The van der Waals surface area contributed by atoms with Crippen LogP contribution in [-0.4, -0.2) is 21.5 Å². The topological polar surface area (TPSA) is 102 Å². The van der Waals surface area contributed by atoms with Crippen molar-refractivity contribution in [1.29, 1.82) is 0 Å². The smallest absolute Gasteiger partial charge is 0.240 e. The van der Waals surface area contributed by atoms with E-state index in [1.54, 1.807) is 18.2 Å². The lowest BCUT2D eigenvalue weighted by molar-refractivity contribution is -0.124. The molecular formula is C19H15Cl2N5O2. The highest BCUT2D eigenvalue weighted by Crippen LogP contribution is 2.36. The number of imidazole rings is 1. The molecule has 28 heavy (non-hydrogen) atoms. The van der Waals surface area contributed by atoms with Crippen LogP contribution in [0.2, 0.25) is 10.0 Å². The minimum atomic E-state index is -0.802. The van der Waals surface area contributed by atoms with Crippen LogP contribution < -0.4 is 16.5 Å². The van der Waals surface area contributed by atoms with Crippen LogP contribution in [0.3, 0.4) is 0 Å². The molecule has 2 heterocycles. The zero-order valence-electron chi connectivity index (χ0n) is 14.4. The Morgan fingerprint density at radius 2 is 1.93 bits per heavy atom. The number of nitrogen functional groups attached to an aromatic ring is 1. The summed E-state index contributed by atoms with van der Waals surface area (Å²) < 4.78 is 1.36. The Kier molecular flexibility index (Phi) is 4.70. The van der Waals surface area contributed by atoms with Crippen LogP contribution in [0.4, 0.5) is 11.6 Å². The van der Waals surface area contributed by atoms with E-state index in [1.807, 2.05) is 30.3 Å². The van der Waals surface area contributed by atoms with Gasteiger partial charge in [0.15, 0.2) is 0 Å². The first kappa shape index (κ1) is 18.3. The molecule has 7 nitrogen and oxygen atoms in total. The molecule has 1 aromatic heterocycles. The van der Waals surface area contributed by atoms with Crippen LogP contribution in [0.15, 0.2) is 48.5 Å². The molecule has 4 N–H and O–H groups in total. The van der Waals surface area contributed by atoms with Crippen molar-refractivity contribution in [2.24, 2.45) is 0 Å². The number of amides is 2. The Bertz CT molecular complexity index is 1080. The summed E-state index contributed by atoms with van der Waals surface area (Å²) in [7, 11) is 0. The second-order valence-electron chi connectivity index (χ2n) is 6.29. The predicted molar refractivity (Wildman–Crippen MR) is 109 cm³/mol. The largest absolute Gasteiger partial charge is 0.368 e. The number of fused-ring (bicyclic) bond motifs is 1. The van der Waals surface area contributed by atoms with Crippen molar-refractivity contribution in [1.82, 2.24) is 9.66 Å². The molecule has 0 fully saturated rings. The lowest BCUT2D eigenvalue weighted by Crippen LogP contribution is -2.38. The van der Waals surface area contributed by atoms with Crippen LogP contribution >= 0.6 is 23.2 Å². The molecule has 1 atom stereocenters. The summed E-state index contributed by atoms with van der Waals surface area (Å²) >= 11 is 12.2. The van der Waals surface area contributed by atoms with Gasteiger partial charge in [-0.25, -0.2) is 9.66 Å². The van der Waals surface area contributed by atoms with Gasteiger partial charge in [0.25, 0.3) is 0 Å². The van der Waals surface area contributed by atoms with Crippen molar-refractivity contribution in [3.8, 4) is 11.3 Å². The second-order valence-corrected chi connectivity index (χ2v) is 7.07. The number of hydrogen-bond acceptors (Lipinski definition) is 4. The van der Waals surface area contributed by atoms with Gasteiger partial charge in [-0.3, -0.25) is 15.0 Å². The number of anilines is 2. The van der Waals surface area contributed by atoms with Gasteiger partial charge < -0.3 is 11.1 Å². The molecule has 2 amide bonds. The van der Waals surface area contributed by atoms with Crippen molar-refractivity contribution < 1.29 is 9.59 Å². The Balaban J connectivity index is 1.76. The molecule has 0 saturated carbocycles. The molecule has 142 valence electrons. The van der Waals surface area contributed by atoms with E-state index >= 15 is 0 Å². The van der Waals surface area contributed by atoms with Crippen molar-refractivity contribution >= 4 is 46.7 Å². The Morgan fingerprint density at radius 1 is 1.18 bits per heavy atom. The molecule has 2 aromatic carbocycles. The third kappa shape index (κ3) is 3.19. The first-order valence-electron chi connectivity index (χ1n) is 8.44. The Labute approximate surface area is 170 Å². The summed E-state index contributed by atoms with van der Waals surface area (Å²) in [6.45, 7) is 0. The third-order valence-electron chi connectivity index (χ3n) is 4.47. The second kappa shape index (κ2) is 7.18. The lowest BCUT2D eigenvalue weighted by Gasteiger charge is -2.25. The van der Waals surface area contributed by atoms with E-state index in [2.05, 4.69) is 15.7 Å². The maximum Gasteiger partial charge on any atom is 0.240 e. The summed E-state index contributed by atoms with van der Waals surface area (Å²) in [5.41, 5.74) is 10.8. The fraction of sp³-hybridized carbons (Fsp3) is 0.105. The SMILES string of the molecule is Nc1nc(-c2ccccc2)c2n1NC(=O)CC2C(=O)Nc1cccc(Cl)c1Cl. The van der Waals surface area contributed by atoms with E-state index < -0.39 is 11.8 Å². The highest BCUT2D eigenvalue weighted by Gasteiger charge is 2.36. The van der Waals surface area contributed by atoms with Gasteiger partial charge in [0.2, 0.25) is 17.8 Å². The molecule has 9 heteroatoms. The first-order chi connectivity index (χ1) is 13.5. The summed E-state index contributed by atoms with van der Waals surface area (Å²) in [5, 5.41) is 3.30. The lowest BCUT2D eigenvalue weighted by atomic mass is 9.94.